The molecule has 0 aliphatic heterocycles. The molecule has 0 aliphatic rings. The molecule has 8 N–H and O–H groups in total. The molecule has 0 bridgehead atoms. The van der Waals surface area contributed by atoms with Crippen molar-refractivity contribution in [1.29, 1.82) is 0 Å². The molecule has 118 valence electrons. The van der Waals surface area contributed by atoms with Crippen LogP contribution in [0.3, 0.4) is 0 Å². The summed E-state index contributed by atoms with van der Waals surface area (Å²) in [6.07, 6.45) is 0. The first-order valence-corrected chi connectivity index (χ1v) is 6.14. The molecular weight excluding hydrogens is 288 g/mol. The van der Waals surface area contributed by atoms with Crippen molar-refractivity contribution in [1.82, 2.24) is 0 Å². The van der Waals surface area contributed by atoms with Gasteiger partial charge in [-0.05, 0) is 31.0 Å². The Morgan fingerprint density at radius 3 is 1.55 bits per heavy atom. The van der Waals surface area contributed by atoms with Crippen LogP contribution in [0, 0.1) is 10.4 Å². The van der Waals surface area contributed by atoms with Gasteiger partial charge in [0, 0.05) is 0 Å². The number of rotatable bonds is 4. The maximum atomic E-state index is 11.3. The van der Waals surface area contributed by atoms with Crippen molar-refractivity contribution in [2.75, 3.05) is 0 Å². The summed E-state index contributed by atoms with van der Waals surface area (Å²) in [6, 6.07) is 6.87. The fourth-order valence-electron chi connectivity index (χ4n) is 1.47. The summed E-state index contributed by atoms with van der Waals surface area (Å²) in [5.41, 5.74) is 22.6. The number of nitrogens with zero attached hydrogens (tertiary/aromatic N) is 4. The lowest BCUT2D eigenvalue weighted by Gasteiger charge is -2.09. The van der Waals surface area contributed by atoms with E-state index in [0.29, 0.717) is 22.6 Å². The van der Waals surface area contributed by atoms with Crippen LogP contribution in [0.15, 0.2) is 34.5 Å². The predicted molar refractivity (Wildman–Crippen MR) is 84.9 cm³/mol. The summed E-state index contributed by atoms with van der Waals surface area (Å²) in [7, 11) is 0. The third kappa shape index (κ3) is 4.37. The van der Waals surface area contributed by atoms with E-state index in [1.807, 2.05) is 0 Å². The zero-order chi connectivity index (χ0) is 16.9. The van der Waals surface area contributed by atoms with Gasteiger partial charge in [-0.25, -0.2) is 0 Å². The van der Waals surface area contributed by atoms with Gasteiger partial charge < -0.3 is 10.4 Å². The van der Waals surface area contributed by atoms with Crippen molar-refractivity contribution < 1.29 is 9.70 Å². The molecule has 0 unspecified atom stereocenters. The summed E-state index contributed by atoms with van der Waals surface area (Å²) >= 11 is 0. The minimum absolute atomic E-state index is 0.117. The zero-order valence-corrected chi connectivity index (χ0v) is 12.2. The Hall–Kier alpha value is -3.30. The molecule has 0 amide bonds. The molecule has 1 rings (SSSR count). The number of hydrogen-bond acceptors (Lipinski definition) is 4. The van der Waals surface area contributed by atoms with Crippen molar-refractivity contribution in [3.8, 4) is 0 Å². The molecule has 10 heteroatoms. The Morgan fingerprint density at radius 2 is 1.23 bits per heavy atom. The topological polar surface area (TPSA) is 181 Å². The highest BCUT2D eigenvalue weighted by Gasteiger charge is 2.04. The van der Waals surface area contributed by atoms with Gasteiger partial charge in [0.15, 0.2) is 0 Å². The average molecular weight is 306 g/mol. The molecule has 0 radical (unpaired) electrons. The van der Waals surface area contributed by atoms with Crippen LogP contribution >= 0.6 is 0 Å². The number of benzene rings is 1. The molecule has 0 spiro atoms. The number of hydrazone groups is 2. The van der Waals surface area contributed by atoms with E-state index in [4.69, 9.17) is 22.9 Å². The summed E-state index contributed by atoms with van der Waals surface area (Å²) in [5, 5.41) is 30.0. The summed E-state index contributed by atoms with van der Waals surface area (Å²) in [6.45, 7) is 3.23. The maximum absolute atomic E-state index is 11.3. The van der Waals surface area contributed by atoms with Crippen LogP contribution in [0.4, 0.5) is 0 Å². The van der Waals surface area contributed by atoms with Gasteiger partial charge in [-0.2, -0.15) is 0 Å². The minimum atomic E-state index is -0.468. The average Bonchev–Trinajstić information content (AvgIpc) is 2.46. The third-order valence-corrected chi connectivity index (χ3v) is 2.62. The van der Waals surface area contributed by atoms with E-state index < -0.39 is 11.9 Å². The van der Waals surface area contributed by atoms with Gasteiger partial charge in [-0.3, -0.25) is 22.9 Å². The van der Waals surface area contributed by atoms with Crippen molar-refractivity contribution >= 4 is 23.3 Å². The smallest absolute Gasteiger partial charge is 0.366 e. The molecule has 0 fully saturated rings. The second kappa shape index (κ2) is 6.92. The van der Waals surface area contributed by atoms with Gasteiger partial charge in [-0.15, -0.1) is 19.9 Å². The molecule has 1 aromatic rings. The van der Waals surface area contributed by atoms with Crippen LogP contribution in [0.5, 0.6) is 0 Å². The van der Waals surface area contributed by atoms with Gasteiger partial charge in [0.25, 0.3) is 0 Å². The number of guanidine groups is 2. The van der Waals surface area contributed by atoms with Crippen LogP contribution in [0.1, 0.15) is 25.0 Å². The predicted octanol–water partition coefficient (Wildman–Crippen LogP) is -1.30. The standard InChI is InChI=1S/C12H18N8O2/c1-7(17-19(21)11(13)14)9-4-3-5-10(6-9)8(2)18-20(22)12(15)16/h3-6H,13-16H2,1-2H3/b17-7+,18-8+. The summed E-state index contributed by atoms with van der Waals surface area (Å²) < 4.78 is 0. The van der Waals surface area contributed by atoms with Crippen LogP contribution in [-0.4, -0.2) is 33.0 Å². The summed E-state index contributed by atoms with van der Waals surface area (Å²) in [4.78, 5) is 0.235. The van der Waals surface area contributed by atoms with E-state index in [2.05, 4.69) is 10.2 Å². The van der Waals surface area contributed by atoms with Crippen molar-refractivity contribution in [2.45, 2.75) is 13.8 Å². The fraction of sp³-hybridized carbons (Fsp3) is 0.167. The van der Waals surface area contributed by atoms with Crippen molar-refractivity contribution in [3.63, 3.8) is 0 Å². The zero-order valence-electron chi connectivity index (χ0n) is 12.2. The Balaban J connectivity index is 3.21. The van der Waals surface area contributed by atoms with E-state index in [1.165, 1.54) is 0 Å². The first-order chi connectivity index (χ1) is 10.2. The van der Waals surface area contributed by atoms with E-state index in [0.717, 1.165) is 0 Å². The van der Waals surface area contributed by atoms with Gasteiger partial charge in [-0.1, -0.05) is 18.2 Å². The monoisotopic (exact) mass is 306 g/mol. The first-order valence-electron chi connectivity index (χ1n) is 6.14. The van der Waals surface area contributed by atoms with Crippen LogP contribution in [0.25, 0.3) is 0 Å². The number of nitrogens with two attached hydrogens (primary N) is 4. The molecule has 0 saturated heterocycles. The van der Waals surface area contributed by atoms with Crippen LogP contribution in [-0.2, 0) is 0 Å². The highest BCUT2D eigenvalue weighted by atomic mass is 16.5. The largest absolute Gasteiger partial charge is 0.722 e. The quantitative estimate of drug-likeness (QED) is 0.176. The SMILES string of the molecule is C/C(=N\[N+]([O-])=C(N)N)c1cccc(/C(C)=N/[N+]([O-])=C(N)N)c1. The molecular formula is C12H18N8O2. The van der Waals surface area contributed by atoms with E-state index in [1.54, 1.807) is 38.1 Å². The van der Waals surface area contributed by atoms with Crippen LogP contribution < -0.4 is 22.9 Å². The molecule has 0 saturated carbocycles. The van der Waals surface area contributed by atoms with E-state index >= 15 is 0 Å². The second-order valence-corrected chi connectivity index (χ2v) is 4.35. The minimum Gasteiger partial charge on any atom is -0.722 e. The summed E-state index contributed by atoms with van der Waals surface area (Å²) in [5.74, 6) is -0.937. The molecule has 0 atom stereocenters. The molecule has 22 heavy (non-hydrogen) atoms. The lowest BCUT2D eigenvalue weighted by molar-refractivity contribution is -0.464. The Bertz CT molecular complexity index is 627. The van der Waals surface area contributed by atoms with E-state index in [-0.39, 0.29) is 9.70 Å². The van der Waals surface area contributed by atoms with Crippen molar-refractivity contribution in [2.24, 2.45) is 33.1 Å². The lowest BCUT2D eigenvalue weighted by Crippen LogP contribution is -2.31. The molecule has 0 aliphatic carbocycles. The second-order valence-electron chi connectivity index (χ2n) is 4.35. The maximum Gasteiger partial charge on any atom is 0.366 e. The Morgan fingerprint density at radius 1 is 0.864 bits per heavy atom. The Labute approximate surface area is 126 Å². The van der Waals surface area contributed by atoms with Crippen molar-refractivity contribution in [3.05, 3.63) is 45.8 Å². The molecule has 10 nitrogen and oxygen atoms in total. The van der Waals surface area contributed by atoms with E-state index in [9.17, 15) is 10.4 Å². The van der Waals surface area contributed by atoms with Gasteiger partial charge in [0.2, 0.25) is 0 Å². The molecule has 0 aromatic heterocycles. The highest BCUT2D eigenvalue weighted by molar-refractivity contribution is 6.03. The lowest BCUT2D eigenvalue weighted by atomic mass is 10.1. The molecule has 1 aromatic carbocycles. The first kappa shape index (κ1) is 16.8. The number of hydrogen-bond donors (Lipinski definition) is 4. The Kier molecular flexibility index (Phi) is 5.27. The third-order valence-electron chi connectivity index (χ3n) is 2.62. The van der Waals surface area contributed by atoms with Gasteiger partial charge in [0.1, 0.15) is 0 Å². The van der Waals surface area contributed by atoms with Gasteiger partial charge in [0.05, 0.1) is 11.4 Å². The highest BCUT2D eigenvalue weighted by Crippen LogP contribution is 2.08. The van der Waals surface area contributed by atoms with Crippen LogP contribution in [0.2, 0.25) is 0 Å². The fourth-order valence-corrected chi connectivity index (χ4v) is 1.47. The van der Waals surface area contributed by atoms with Gasteiger partial charge >= 0.3 is 11.9 Å². The normalized spacial score (nSPS) is 11.9. The molecule has 0 heterocycles.